The molecule has 1 aromatic heterocycles. The van der Waals surface area contributed by atoms with Gasteiger partial charge in [-0.25, -0.2) is 4.98 Å². The highest BCUT2D eigenvalue weighted by Crippen LogP contribution is 2.16. The number of amides is 1. The molecule has 2 rings (SSSR count). The number of anilines is 1. The summed E-state index contributed by atoms with van der Waals surface area (Å²) in [5, 5.41) is 12.0. The fourth-order valence-corrected chi connectivity index (χ4v) is 2.56. The van der Waals surface area contributed by atoms with E-state index in [1.54, 1.807) is 6.07 Å². The van der Waals surface area contributed by atoms with E-state index >= 15 is 0 Å². The number of rotatable bonds is 6. The van der Waals surface area contributed by atoms with Gasteiger partial charge in [0.15, 0.2) is 0 Å². The molecule has 112 valence electrons. The number of piperidine rings is 1. The maximum Gasteiger partial charge on any atom is 0.220 e. The molecule has 0 saturated carbocycles. The minimum Gasteiger partial charge on any atom is -0.370 e. The lowest BCUT2D eigenvalue weighted by Gasteiger charge is -2.30. The van der Waals surface area contributed by atoms with Crippen LogP contribution in [0, 0.1) is 17.2 Å². The van der Waals surface area contributed by atoms with E-state index in [-0.39, 0.29) is 11.8 Å². The second-order valence-electron chi connectivity index (χ2n) is 5.32. The molecule has 0 spiro atoms. The van der Waals surface area contributed by atoms with Crippen LogP contribution < -0.4 is 11.1 Å². The summed E-state index contributed by atoms with van der Waals surface area (Å²) in [5.41, 5.74) is 5.75. The first-order valence-electron chi connectivity index (χ1n) is 7.32. The molecule has 1 aliphatic heterocycles. The third kappa shape index (κ3) is 4.72. The molecule has 1 aromatic rings. The standard InChI is InChI=1S/C15H21N5O/c16-11-13-3-1-4-14(19-13)18-7-2-8-20-9-5-12(6-10-20)15(17)21/h1,3-4,12H,2,5-10H2,(H2,17,21)(H,18,19). The van der Waals surface area contributed by atoms with Gasteiger partial charge in [-0.3, -0.25) is 4.79 Å². The molecule has 1 aliphatic rings. The van der Waals surface area contributed by atoms with Crippen LogP contribution in [0.2, 0.25) is 0 Å². The van der Waals surface area contributed by atoms with E-state index in [1.165, 1.54) is 0 Å². The van der Waals surface area contributed by atoms with E-state index < -0.39 is 0 Å². The number of carbonyl (C=O) groups is 1. The van der Waals surface area contributed by atoms with E-state index in [2.05, 4.69) is 15.2 Å². The zero-order valence-electron chi connectivity index (χ0n) is 12.1. The fourth-order valence-electron chi connectivity index (χ4n) is 2.56. The fraction of sp³-hybridized carbons (Fsp3) is 0.533. The van der Waals surface area contributed by atoms with Crippen LogP contribution in [0.5, 0.6) is 0 Å². The summed E-state index contributed by atoms with van der Waals surface area (Å²) in [6.45, 7) is 3.69. The van der Waals surface area contributed by atoms with Gasteiger partial charge in [0.05, 0.1) is 0 Å². The highest BCUT2D eigenvalue weighted by Gasteiger charge is 2.22. The van der Waals surface area contributed by atoms with Crippen LogP contribution in [0.15, 0.2) is 18.2 Å². The third-order valence-corrected chi connectivity index (χ3v) is 3.81. The van der Waals surface area contributed by atoms with Gasteiger partial charge in [0.1, 0.15) is 17.6 Å². The first kappa shape index (κ1) is 15.3. The summed E-state index contributed by atoms with van der Waals surface area (Å²) in [6.07, 6.45) is 2.74. The van der Waals surface area contributed by atoms with Crippen molar-refractivity contribution >= 4 is 11.7 Å². The Kier molecular flexibility index (Phi) is 5.52. The van der Waals surface area contributed by atoms with E-state index in [1.807, 2.05) is 18.2 Å². The number of aromatic nitrogens is 1. The summed E-state index contributed by atoms with van der Waals surface area (Å²) >= 11 is 0. The Labute approximate surface area is 124 Å². The molecule has 21 heavy (non-hydrogen) atoms. The van der Waals surface area contributed by atoms with Crippen molar-refractivity contribution in [3.8, 4) is 6.07 Å². The van der Waals surface area contributed by atoms with Gasteiger partial charge < -0.3 is 16.0 Å². The number of hydrogen-bond acceptors (Lipinski definition) is 5. The number of nitrogens with zero attached hydrogens (tertiary/aromatic N) is 3. The van der Waals surface area contributed by atoms with Crippen molar-refractivity contribution in [3.05, 3.63) is 23.9 Å². The van der Waals surface area contributed by atoms with E-state index in [0.29, 0.717) is 5.69 Å². The van der Waals surface area contributed by atoms with Gasteiger partial charge in [-0.1, -0.05) is 6.07 Å². The van der Waals surface area contributed by atoms with Crippen molar-refractivity contribution in [2.75, 3.05) is 31.5 Å². The van der Waals surface area contributed by atoms with Crippen LogP contribution in [-0.4, -0.2) is 42.0 Å². The lowest BCUT2D eigenvalue weighted by atomic mass is 9.96. The van der Waals surface area contributed by atoms with Gasteiger partial charge in [-0.15, -0.1) is 0 Å². The quantitative estimate of drug-likeness (QED) is 0.760. The molecule has 0 unspecified atom stereocenters. The van der Waals surface area contributed by atoms with Gasteiger partial charge >= 0.3 is 0 Å². The Bertz CT molecular complexity index is 517. The predicted octanol–water partition coefficient (Wildman–Crippen LogP) is 0.953. The summed E-state index contributed by atoms with van der Waals surface area (Å²) in [6, 6.07) is 7.40. The second kappa shape index (κ2) is 7.60. The van der Waals surface area contributed by atoms with E-state index in [9.17, 15) is 4.79 Å². The zero-order valence-corrected chi connectivity index (χ0v) is 12.1. The molecule has 0 bridgehead atoms. The molecular weight excluding hydrogens is 266 g/mol. The first-order valence-corrected chi connectivity index (χ1v) is 7.32. The monoisotopic (exact) mass is 287 g/mol. The lowest BCUT2D eigenvalue weighted by Crippen LogP contribution is -2.39. The van der Waals surface area contributed by atoms with Crippen LogP contribution in [0.1, 0.15) is 25.0 Å². The van der Waals surface area contributed by atoms with Gasteiger partial charge in [0.25, 0.3) is 0 Å². The number of pyridine rings is 1. The molecule has 0 aromatic carbocycles. The minimum atomic E-state index is -0.167. The average Bonchev–Trinajstić information content (AvgIpc) is 2.52. The zero-order chi connectivity index (χ0) is 15.1. The van der Waals surface area contributed by atoms with Gasteiger partial charge in [-0.2, -0.15) is 5.26 Å². The Morgan fingerprint density at radius 1 is 1.48 bits per heavy atom. The summed E-state index contributed by atoms with van der Waals surface area (Å²) in [7, 11) is 0. The second-order valence-corrected chi connectivity index (χ2v) is 5.32. The number of likely N-dealkylation sites (tertiary alicyclic amines) is 1. The van der Waals surface area contributed by atoms with Crippen LogP contribution in [0.25, 0.3) is 0 Å². The number of nitriles is 1. The SMILES string of the molecule is N#Cc1cccc(NCCCN2CCC(C(N)=O)CC2)n1. The Balaban J connectivity index is 1.64. The number of hydrogen-bond donors (Lipinski definition) is 2. The molecule has 0 radical (unpaired) electrons. The molecule has 6 heteroatoms. The van der Waals surface area contributed by atoms with Crippen molar-refractivity contribution in [2.24, 2.45) is 11.7 Å². The van der Waals surface area contributed by atoms with E-state index in [4.69, 9.17) is 11.0 Å². The molecule has 2 heterocycles. The molecule has 1 fully saturated rings. The van der Waals surface area contributed by atoms with Crippen LogP contribution in [0.3, 0.4) is 0 Å². The molecule has 1 amide bonds. The lowest BCUT2D eigenvalue weighted by molar-refractivity contribution is -0.123. The normalized spacial score (nSPS) is 16.3. The largest absolute Gasteiger partial charge is 0.370 e. The Morgan fingerprint density at radius 2 is 2.24 bits per heavy atom. The number of carbonyl (C=O) groups excluding carboxylic acids is 1. The summed E-state index contributed by atoms with van der Waals surface area (Å²) in [5.74, 6) is 0.624. The van der Waals surface area contributed by atoms with Crippen molar-refractivity contribution in [1.82, 2.24) is 9.88 Å². The maximum atomic E-state index is 11.1. The average molecular weight is 287 g/mol. The molecule has 0 aliphatic carbocycles. The van der Waals surface area contributed by atoms with Crippen molar-refractivity contribution in [3.63, 3.8) is 0 Å². The smallest absolute Gasteiger partial charge is 0.220 e. The first-order chi connectivity index (χ1) is 10.2. The van der Waals surface area contributed by atoms with Crippen LogP contribution >= 0.6 is 0 Å². The summed E-state index contributed by atoms with van der Waals surface area (Å²) in [4.78, 5) is 17.6. The summed E-state index contributed by atoms with van der Waals surface area (Å²) < 4.78 is 0. The van der Waals surface area contributed by atoms with Gasteiger partial charge in [-0.05, 0) is 51.0 Å². The van der Waals surface area contributed by atoms with Gasteiger partial charge in [0.2, 0.25) is 5.91 Å². The van der Waals surface area contributed by atoms with Crippen LogP contribution in [0.4, 0.5) is 5.82 Å². The number of nitrogens with one attached hydrogen (secondary N) is 1. The molecular formula is C15H21N5O. The molecule has 3 N–H and O–H groups in total. The number of primary amides is 1. The maximum absolute atomic E-state index is 11.1. The van der Waals surface area contributed by atoms with Crippen LogP contribution in [-0.2, 0) is 4.79 Å². The third-order valence-electron chi connectivity index (χ3n) is 3.81. The van der Waals surface area contributed by atoms with E-state index in [0.717, 1.165) is 51.3 Å². The molecule has 0 atom stereocenters. The highest BCUT2D eigenvalue weighted by atomic mass is 16.1. The minimum absolute atomic E-state index is 0.0531. The van der Waals surface area contributed by atoms with Crippen molar-refractivity contribution in [2.45, 2.75) is 19.3 Å². The molecule has 6 nitrogen and oxygen atoms in total. The number of nitrogens with two attached hydrogens (primary N) is 1. The Hall–Kier alpha value is -2.13. The predicted molar refractivity (Wildman–Crippen MR) is 80.4 cm³/mol. The topological polar surface area (TPSA) is 95.0 Å². The molecule has 1 saturated heterocycles. The Morgan fingerprint density at radius 3 is 2.90 bits per heavy atom. The highest BCUT2D eigenvalue weighted by molar-refractivity contribution is 5.76. The van der Waals surface area contributed by atoms with Crippen molar-refractivity contribution in [1.29, 1.82) is 5.26 Å². The van der Waals surface area contributed by atoms with Gasteiger partial charge in [0, 0.05) is 12.5 Å². The van der Waals surface area contributed by atoms with Crippen molar-refractivity contribution < 1.29 is 4.79 Å².